The number of nitrogens with one attached hydrogen (secondary N) is 1. The fraction of sp³-hybridized carbons (Fsp3) is 0.273. The van der Waals surface area contributed by atoms with Gasteiger partial charge in [-0.2, -0.15) is 0 Å². The van der Waals surface area contributed by atoms with E-state index in [9.17, 15) is 4.39 Å². The SMILES string of the molecule is CCc1[nH]c2c(F)cccc2c1C. The number of benzene rings is 1. The lowest BCUT2D eigenvalue weighted by atomic mass is 10.1. The minimum atomic E-state index is -0.166. The Bertz CT molecular complexity index is 443. The maximum Gasteiger partial charge on any atom is 0.147 e. The molecule has 13 heavy (non-hydrogen) atoms. The van der Waals surface area contributed by atoms with Gasteiger partial charge in [0.05, 0.1) is 5.52 Å². The summed E-state index contributed by atoms with van der Waals surface area (Å²) in [4.78, 5) is 3.11. The normalized spacial score (nSPS) is 11.0. The minimum Gasteiger partial charge on any atom is -0.356 e. The Hall–Kier alpha value is -1.31. The van der Waals surface area contributed by atoms with Crippen LogP contribution in [-0.2, 0) is 6.42 Å². The van der Waals surface area contributed by atoms with E-state index in [2.05, 4.69) is 11.9 Å². The van der Waals surface area contributed by atoms with E-state index in [1.807, 2.05) is 13.0 Å². The van der Waals surface area contributed by atoms with Crippen molar-refractivity contribution in [1.29, 1.82) is 0 Å². The van der Waals surface area contributed by atoms with Crippen LogP contribution >= 0.6 is 0 Å². The first-order valence-electron chi connectivity index (χ1n) is 4.49. The number of rotatable bonds is 1. The number of H-pyrrole nitrogens is 1. The molecule has 0 saturated carbocycles. The highest BCUT2D eigenvalue weighted by Gasteiger charge is 2.08. The van der Waals surface area contributed by atoms with Crippen molar-refractivity contribution in [3.05, 3.63) is 35.3 Å². The number of halogens is 1. The van der Waals surface area contributed by atoms with Crippen LogP contribution in [0.15, 0.2) is 18.2 Å². The summed E-state index contributed by atoms with van der Waals surface area (Å²) >= 11 is 0. The van der Waals surface area contributed by atoms with E-state index in [4.69, 9.17) is 0 Å². The summed E-state index contributed by atoms with van der Waals surface area (Å²) in [7, 11) is 0. The topological polar surface area (TPSA) is 15.8 Å². The molecule has 0 bridgehead atoms. The number of hydrogen-bond donors (Lipinski definition) is 1. The lowest BCUT2D eigenvalue weighted by Crippen LogP contribution is -1.81. The maximum absolute atomic E-state index is 13.3. The van der Waals surface area contributed by atoms with Gasteiger partial charge < -0.3 is 4.98 Å². The minimum absolute atomic E-state index is 0.166. The molecule has 0 spiro atoms. The fourth-order valence-corrected chi connectivity index (χ4v) is 1.72. The lowest BCUT2D eigenvalue weighted by molar-refractivity contribution is 0.637. The predicted molar refractivity (Wildman–Crippen MR) is 52.4 cm³/mol. The van der Waals surface area contributed by atoms with Gasteiger partial charge in [-0.05, 0) is 25.0 Å². The van der Waals surface area contributed by atoms with Crippen molar-refractivity contribution >= 4 is 10.9 Å². The van der Waals surface area contributed by atoms with Crippen LogP contribution in [0.2, 0.25) is 0 Å². The van der Waals surface area contributed by atoms with E-state index < -0.39 is 0 Å². The van der Waals surface area contributed by atoms with Gasteiger partial charge in [-0.1, -0.05) is 19.1 Å². The molecule has 0 atom stereocenters. The third-order valence-corrected chi connectivity index (χ3v) is 2.50. The third-order valence-electron chi connectivity index (χ3n) is 2.50. The summed E-state index contributed by atoms with van der Waals surface area (Å²) in [6.07, 6.45) is 0.917. The van der Waals surface area contributed by atoms with Crippen molar-refractivity contribution in [2.24, 2.45) is 0 Å². The van der Waals surface area contributed by atoms with Crippen molar-refractivity contribution < 1.29 is 4.39 Å². The predicted octanol–water partition coefficient (Wildman–Crippen LogP) is 3.18. The summed E-state index contributed by atoms with van der Waals surface area (Å²) < 4.78 is 13.3. The first-order chi connectivity index (χ1) is 6.24. The van der Waals surface area contributed by atoms with Crippen LogP contribution < -0.4 is 0 Å². The van der Waals surface area contributed by atoms with E-state index in [0.717, 1.165) is 23.1 Å². The van der Waals surface area contributed by atoms with Gasteiger partial charge in [-0.25, -0.2) is 4.39 Å². The molecule has 0 radical (unpaired) electrons. The van der Waals surface area contributed by atoms with Crippen LogP contribution in [0.4, 0.5) is 4.39 Å². The highest BCUT2D eigenvalue weighted by Crippen LogP contribution is 2.23. The van der Waals surface area contributed by atoms with Crippen molar-refractivity contribution in [2.75, 3.05) is 0 Å². The van der Waals surface area contributed by atoms with E-state index in [1.165, 1.54) is 6.07 Å². The van der Waals surface area contributed by atoms with Gasteiger partial charge >= 0.3 is 0 Å². The Morgan fingerprint density at radius 1 is 1.38 bits per heavy atom. The zero-order valence-electron chi connectivity index (χ0n) is 7.82. The molecule has 1 aromatic heterocycles. The number of aryl methyl sites for hydroxylation is 2. The molecule has 0 amide bonds. The number of para-hydroxylation sites is 1. The first-order valence-corrected chi connectivity index (χ1v) is 4.49. The number of hydrogen-bond acceptors (Lipinski definition) is 0. The van der Waals surface area contributed by atoms with Gasteiger partial charge in [-0.15, -0.1) is 0 Å². The monoisotopic (exact) mass is 177 g/mol. The Labute approximate surface area is 76.6 Å². The number of fused-ring (bicyclic) bond motifs is 1. The van der Waals surface area contributed by atoms with Crippen LogP contribution in [0.5, 0.6) is 0 Å². The molecule has 2 heteroatoms. The molecule has 0 aliphatic rings. The summed E-state index contributed by atoms with van der Waals surface area (Å²) in [5, 5.41) is 0.997. The molecule has 2 rings (SSSR count). The van der Waals surface area contributed by atoms with Crippen LogP contribution in [0.25, 0.3) is 10.9 Å². The summed E-state index contributed by atoms with van der Waals surface area (Å²) in [6.45, 7) is 4.09. The zero-order chi connectivity index (χ0) is 9.42. The quantitative estimate of drug-likeness (QED) is 0.688. The lowest BCUT2D eigenvalue weighted by Gasteiger charge is -1.91. The van der Waals surface area contributed by atoms with Gasteiger partial charge in [0, 0.05) is 11.1 Å². The van der Waals surface area contributed by atoms with Crippen molar-refractivity contribution in [1.82, 2.24) is 4.98 Å². The maximum atomic E-state index is 13.3. The molecule has 1 N–H and O–H groups in total. The van der Waals surface area contributed by atoms with Crippen LogP contribution in [0, 0.1) is 12.7 Å². The van der Waals surface area contributed by atoms with Crippen molar-refractivity contribution in [2.45, 2.75) is 20.3 Å². The van der Waals surface area contributed by atoms with Gasteiger partial charge in [0.15, 0.2) is 0 Å². The second kappa shape index (κ2) is 2.87. The summed E-state index contributed by atoms with van der Waals surface area (Å²) in [5.41, 5.74) is 2.92. The number of aromatic amines is 1. The van der Waals surface area contributed by atoms with Crippen LogP contribution in [-0.4, -0.2) is 4.98 Å². The second-order valence-electron chi connectivity index (χ2n) is 3.24. The average molecular weight is 177 g/mol. The molecule has 68 valence electrons. The standard InChI is InChI=1S/C11H12FN/c1-3-10-7(2)8-5-4-6-9(12)11(8)13-10/h4-6,13H,3H2,1-2H3. The zero-order valence-corrected chi connectivity index (χ0v) is 7.82. The first kappa shape index (κ1) is 8.30. The van der Waals surface area contributed by atoms with Crippen molar-refractivity contribution in [3.8, 4) is 0 Å². The van der Waals surface area contributed by atoms with Gasteiger partial charge in [-0.3, -0.25) is 0 Å². The molecule has 1 heterocycles. The van der Waals surface area contributed by atoms with E-state index >= 15 is 0 Å². The molecule has 1 nitrogen and oxygen atoms in total. The largest absolute Gasteiger partial charge is 0.356 e. The Kier molecular flexibility index (Phi) is 1.83. The summed E-state index contributed by atoms with van der Waals surface area (Å²) in [5.74, 6) is -0.166. The fourth-order valence-electron chi connectivity index (χ4n) is 1.72. The molecule has 0 fully saturated rings. The van der Waals surface area contributed by atoms with Crippen molar-refractivity contribution in [3.63, 3.8) is 0 Å². The molecule has 0 unspecified atom stereocenters. The molecule has 0 aliphatic heterocycles. The molecule has 0 aliphatic carbocycles. The highest BCUT2D eigenvalue weighted by atomic mass is 19.1. The van der Waals surface area contributed by atoms with Gasteiger partial charge in [0.25, 0.3) is 0 Å². The second-order valence-corrected chi connectivity index (χ2v) is 3.24. The Morgan fingerprint density at radius 3 is 2.77 bits per heavy atom. The van der Waals surface area contributed by atoms with E-state index in [1.54, 1.807) is 6.07 Å². The smallest absolute Gasteiger partial charge is 0.147 e. The molecule has 2 aromatic rings. The van der Waals surface area contributed by atoms with E-state index in [-0.39, 0.29) is 5.82 Å². The average Bonchev–Trinajstić information content (AvgIpc) is 2.45. The molecule has 1 aromatic carbocycles. The summed E-state index contributed by atoms with van der Waals surface area (Å²) in [6, 6.07) is 5.18. The molecular formula is C11H12FN. The van der Waals surface area contributed by atoms with Gasteiger partial charge in [0.2, 0.25) is 0 Å². The molecular weight excluding hydrogens is 165 g/mol. The van der Waals surface area contributed by atoms with Gasteiger partial charge in [0.1, 0.15) is 5.82 Å². The highest BCUT2D eigenvalue weighted by molar-refractivity contribution is 5.84. The van der Waals surface area contributed by atoms with Crippen LogP contribution in [0.3, 0.4) is 0 Å². The molecule has 0 saturated heterocycles. The third kappa shape index (κ3) is 1.13. The van der Waals surface area contributed by atoms with E-state index in [0.29, 0.717) is 5.52 Å². The Balaban J connectivity index is 2.83. The number of aromatic nitrogens is 1. The van der Waals surface area contributed by atoms with Crippen LogP contribution in [0.1, 0.15) is 18.2 Å². The Morgan fingerprint density at radius 2 is 2.15 bits per heavy atom.